The molecule has 8 heteroatoms. The Bertz CT molecular complexity index is 888. The lowest BCUT2D eigenvalue weighted by molar-refractivity contribution is 0.295. The molecule has 25 heavy (non-hydrogen) atoms. The average Bonchev–Trinajstić information content (AvgIpc) is 3.13. The first-order valence-corrected chi connectivity index (χ1v) is 9.50. The van der Waals surface area contributed by atoms with Gasteiger partial charge in [0.1, 0.15) is 18.2 Å². The second kappa shape index (κ2) is 7.37. The first-order valence-electron chi connectivity index (χ1n) is 8.06. The van der Waals surface area contributed by atoms with Gasteiger partial charge in [0.2, 0.25) is 10.0 Å². The van der Waals surface area contributed by atoms with Crippen LogP contribution in [0.4, 0.5) is 4.39 Å². The quantitative estimate of drug-likeness (QED) is 0.782. The van der Waals surface area contributed by atoms with E-state index in [4.69, 9.17) is 4.74 Å². The molecule has 1 aromatic heterocycles. The third-order valence-corrected chi connectivity index (χ3v) is 5.96. The van der Waals surface area contributed by atoms with Crippen molar-refractivity contribution in [2.75, 3.05) is 19.7 Å². The molecule has 1 aliphatic rings. The molecule has 6 nitrogen and oxygen atoms in total. The molecule has 0 unspecified atom stereocenters. The summed E-state index contributed by atoms with van der Waals surface area (Å²) in [6, 6.07) is 8.14. The molecular formula is C17H19FN2O4S. The predicted molar refractivity (Wildman–Crippen MR) is 90.6 cm³/mol. The number of aromatic nitrogens is 1. The number of halogens is 1. The Labute approximate surface area is 145 Å². The van der Waals surface area contributed by atoms with Crippen molar-refractivity contribution in [3.63, 3.8) is 0 Å². The topological polar surface area (TPSA) is 68.6 Å². The largest absolute Gasteiger partial charge is 0.492 e. The van der Waals surface area contributed by atoms with Crippen molar-refractivity contribution >= 4 is 10.0 Å². The van der Waals surface area contributed by atoms with Gasteiger partial charge in [0, 0.05) is 25.4 Å². The molecule has 1 fully saturated rings. The van der Waals surface area contributed by atoms with Gasteiger partial charge in [-0.25, -0.2) is 12.8 Å². The Kier molecular flexibility index (Phi) is 5.19. The van der Waals surface area contributed by atoms with E-state index in [0.29, 0.717) is 18.8 Å². The van der Waals surface area contributed by atoms with E-state index in [-0.39, 0.29) is 29.4 Å². The van der Waals surface area contributed by atoms with Crippen molar-refractivity contribution in [2.24, 2.45) is 0 Å². The molecule has 0 N–H and O–H groups in total. The molecule has 0 aliphatic carbocycles. The molecule has 0 bridgehead atoms. The summed E-state index contributed by atoms with van der Waals surface area (Å²) in [7, 11) is -3.57. The van der Waals surface area contributed by atoms with Crippen LogP contribution in [0.5, 0.6) is 5.75 Å². The summed E-state index contributed by atoms with van der Waals surface area (Å²) in [6.45, 7) is 1.38. The van der Waals surface area contributed by atoms with Gasteiger partial charge in [0.25, 0.3) is 5.56 Å². The summed E-state index contributed by atoms with van der Waals surface area (Å²) in [5.41, 5.74) is -0.303. The second-order valence-electron chi connectivity index (χ2n) is 5.81. The lowest BCUT2D eigenvalue weighted by Crippen LogP contribution is -2.30. The normalized spacial score (nSPS) is 15.4. The van der Waals surface area contributed by atoms with Crippen LogP contribution in [0.2, 0.25) is 0 Å². The zero-order chi connectivity index (χ0) is 17.9. The summed E-state index contributed by atoms with van der Waals surface area (Å²) in [5, 5.41) is 0. The summed E-state index contributed by atoms with van der Waals surface area (Å²) < 4.78 is 46.2. The van der Waals surface area contributed by atoms with Crippen LogP contribution in [-0.4, -0.2) is 37.0 Å². The maximum atomic E-state index is 12.8. The maximum Gasteiger partial charge on any atom is 0.250 e. The van der Waals surface area contributed by atoms with Crippen LogP contribution in [0.3, 0.4) is 0 Å². The fourth-order valence-corrected chi connectivity index (χ4v) is 4.24. The van der Waals surface area contributed by atoms with Gasteiger partial charge >= 0.3 is 0 Å². The Morgan fingerprint density at radius 3 is 2.40 bits per heavy atom. The van der Waals surface area contributed by atoms with Crippen molar-refractivity contribution < 1.29 is 17.5 Å². The Balaban J connectivity index is 1.71. The Morgan fingerprint density at radius 1 is 1.04 bits per heavy atom. The zero-order valence-electron chi connectivity index (χ0n) is 13.6. The van der Waals surface area contributed by atoms with E-state index >= 15 is 0 Å². The first-order chi connectivity index (χ1) is 12.0. The molecule has 2 heterocycles. The first kappa shape index (κ1) is 17.6. The molecule has 3 rings (SSSR count). The number of hydrogen-bond acceptors (Lipinski definition) is 4. The number of sulfonamides is 1. The molecule has 0 spiro atoms. The summed E-state index contributed by atoms with van der Waals surface area (Å²) in [6.07, 6.45) is 3.05. The van der Waals surface area contributed by atoms with Crippen LogP contribution in [0.25, 0.3) is 0 Å². The lowest BCUT2D eigenvalue weighted by Gasteiger charge is -2.16. The third-order valence-electron chi connectivity index (χ3n) is 4.07. The van der Waals surface area contributed by atoms with E-state index in [0.717, 1.165) is 12.8 Å². The molecular weight excluding hydrogens is 347 g/mol. The van der Waals surface area contributed by atoms with E-state index in [9.17, 15) is 17.6 Å². The van der Waals surface area contributed by atoms with Crippen molar-refractivity contribution in [1.82, 2.24) is 8.87 Å². The van der Waals surface area contributed by atoms with Gasteiger partial charge in [0.05, 0.1) is 11.4 Å². The Morgan fingerprint density at radius 2 is 1.72 bits per heavy atom. The number of nitrogens with zero attached hydrogens (tertiary/aromatic N) is 2. The van der Waals surface area contributed by atoms with Gasteiger partial charge in [-0.1, -0.05) is 0 Å². The highest BCUT2D eigenvalue weighted by atomic mass is 32.2. The molecule has 1 aromatic carbocycles. The summed E-state index contributed by atoms with van der Waals surface area (Å²) >= 11 is 0. The predicted octanol–water partition coefficient (Wildman–Crippen LogP) is 1.85. The second-order valence-corrected chi connectivity index (χ2v) is 7.75. The van der Waals surface area contributed by atoms with Gasteiger partial charge in [-0.2, -0.15) is 4.31 Å². The number of pyridine rings is 1. The highest BCUT2D eigenvalue weighted by molar-refractivity contribution is 7.89. The number of benzene rings is 1. The van der Waals surface area contributed by atoms with Crippen molar-refractivity contribution in [1.29, 1.82) is 0 Å². The van der Waals surface area contributed by atoms with Gasteiger partial charge in [0.15, 0.2) is 0 Å². The van der Waals surface area contributed by atoms with Crippen LogP contribution in [0.1, 0.15) is 12.8 Å². The molecule has 0 radical (unpaired) electrons. The van der Waals surface area contributed by atoms with E-state index < -0.39 is 10.0 Å². The van der Waals surface area contributed by atoms with Crippen molar-refractivity contribution in [2.45, 2.75) is 24.3 Å². The molecule has 134 valence electrons. The van der Waals surface area contributed by atoms with Gasteiger partial charge in [-0.05, 0) is 43.2 Å². The van der Waals surface area contributed by atoms with E-state index in [1.807, 2.05) is 0 Å². The minimum atomic E-state index is -3.57. The average molecular weight is 366 g/mol. The lowest BCUT2D eigenvalue weighted by atomic mass is 10.3. The van der Waals surface area contributed by atoms with E-state index in [1.54, 1.807) is 0 Å². The van der Waals surface area contributed by atoms with Crippen LogP contribution in [-0.2, 0) is 16.6 Å². The van der Waals surface area contributed by atoms with Gasteiger partial charge in [-0.15, -0.1) is 0 Å². The highest BCUT2D eigenvalue weighted by Gasteiger charge is 2.27. The third kappa shape index (κ3) is 4.08. The SMILES string of the molecule is O=c1ccc(S(=O)(=O)N2CCCC2)cn1CCOc1ccc(F)cc1. The molecule has 1 saturated heterocycles. The van der Waals surface area contributed by atoms with E-state index in [1.165, 1.54) is 51.5 Å². The molecule has 0 saturated carbocycles. The molecule has 0 amide bonds. The standard InChI is InChI=1S/C17H19FN2O4S/c18-14-3-5-15(6-4-14)24-12-11-19-13-16(7-8-17(19)21)25(22,23)20-9-1-2-10-20/h3-8,13H,1-2,9-12H2. The minimum Gasteiger partial charge on any atom is -0.492 e. The summed E-state index contributed by atoms with van der Waals surface area (Å²) in [5.74, 6) is 0.124. The number of ether oxygens (including phenoxy) is 1. The van der Waals surface area contributed by atoms with Crippen LogP contribution in [0.15, 0.2) is 52.3 Å². The van der Waals surface area contributed by atoms with Gasteiger partial charge in [-0.3, -0.25) is 4.79 Å². The smallest absolute Gasteiger partial charge is 0.250 e. The summed E-state index contributed by atoms with van der Waals surface area (Å²) in [4.78, 5) is 12.1. The molecule has 1 aliphatic heterocycles. The van der Waals surface area contributed by atoms with Crippen LogP contribution < -0.4 is 10.3 Å². The van der Waals surface area contributed by atoms with Crippen LogP contribution >= 0.6 is 0 Å². The zero-order valence-corrected chi connectivity index (χ0v) is 14.4. The molecule has 0 atom stereocenters. The number of rotatable bonds is 6. The molecule has 2 aromatic rings. The van der Waals surface area contributed by atoms with E-state index in [2.05, 4.69) is 0 Å². The fourth-order valence-electron chi connectivity index (χ4n) is 2.71. The van der Waals surface area contributed by atoms with Crippen molar-refractivity contribution in [3.05, 3.63) is 58.8 Å². The van der Waals surface area contributed by atoms with Gasteiger partial charge < -0.3 is 9.30 Å². The maximum absolute atomic E-state index is 12.8. The monoisotopic (exact) mass is 366 g/mol. The fraction of sp³-hybridized carbons (Fsp3) is 0.353. The number of hydrogen-bond donors (Lipinski definition) is 0. The Hall–Kier alpha value is -2.19. The highest BCUT2D eigenvalue weighted by Crippen LogP contribution is 2.19. The van der Waals surface area contributed by atoms with Crippen molar-refractivity contribution in [3.8, 4) is 5.75 Å². The minimum absolute atomic E-state index is 0.107. The van der Waals surface area contributed by atoms with Crippen LogP contribution in [0, 0.1) is 5.82 Å².